The van der Waals surface area contributed by atoms with Crippen molar-refractivity contribution in [2.45, 2.75) is 69.9 Å². The molecule has 2 amide bonds. The lowest BCUT2D eigenvalue weighted by atomic mass is 9.66. The van der Waals surface area contributed by atoms with Crippen LogP contribution in [0, 0.1) is 11.2 Å². The van der Waals surface area contributed by atoms with E-state index in [1.54, 1.807) is 30.7 Å². The SMILES string of the molecule is CC1(C)CN(Cc2ccc(-n3cnc(C4CC4)n3)cc2)CC[C@]1(O)c1ccc2ncc([C@@H]3CCC(=O)NC3=O)cc2c1F. The van der Waals surface area contributed by atoms with E-state index in [4.69, 9.17) is 0 Å². The van der Waals surface area contributed by atoms with Crippen LogP contribution in [-0.4, -0.2) is 54.7 Å². The topological polar surface area (TPSA) is 113 Å². The second-order valence-corrected chi connectivity index (χ2v) is 13.0. The maximum absolute atomic E-state index is 16.2. The Kier molecular flexibility index (Phi) is 6.66. The van der Waals surface area contributed by atoms with Crippen LogP contribution in [0.1, 0.15) is 80.3 Å². The van der Waals surface area contributed by atoms with Crippen LogP contribution in [0.4, 0.5) is 4.39 Å². The van der Waals surface area contributed by atoms with Gasteiger partial charge < -0.3 is 5.11 Å². The van der Waals surface area contributed by atoms with E-state index in [9.17, 15) is 14.7 Å². The molecule has 0 spiro atoms. The quantitative estimate of drug-likeness (QED) is 0.323. The van der Waals surface area contributed by atoms with Gasteiger partial charge in [-0.2, -0.15) is 5.10 Å². The summed E-state index contributed by atoms with van der Waals surface area (Å²) in [6, 6.07) is 13.3. The van der Waals surface area contributed by atoms with Crippen molar-refractivity contribution < 1.29 is 19.1 Å². The first-order valence-corrected chi connectivity index (χ1v) is 15.0. The van der Waals surface area contributed by atoms with E-state index in [0.29, 0.717) is 49.5 Å². The van der Waals surface area contributed by atoms with Crippen molar-refractivity contribution in [1.82, 2.24) is 30.0 Å². The molecule has 2 saturated heterocycles. The van der Waals surface area contributed by atoms with E-state index >= 15 is 4.39 Å². The largest absolute Gasteiger partial charge is 0.384 e. The molecule has 2 N–H and O–H groups in total. The summed E-state index contributed by atoms with van der Waals surface area (Å²) in [4.78, 5) is 35.2. The molecular weight excluding hydrogens is 547 g/mol. The molecule has 3 fully saturated rings. The number of carbonyl (C=O) groups is 2. The fraction of sp³-hybridized carbons (Fsp3) is 0.424. The molecule has 7 rings (SSSR count). The Morgan fingerprint density at radius 3 is 2.58 bits per heavy atom. The number of likely N-dealkylation sites (tertiary alicyclic amines) is 1. The van der Waals surface area contributed by atoms with E-state index in [0.717, 1.165) is 17.1 Å². The molecule has 10 heteroatoms. The van der Waals surface area contributed by atoms with Gasteiger partial charge >= 0.3 is 0 Å². The maximum atomic E-state index is 16.2. The van der Waals surface area contributed by atoms with Crippen molar-refractivity contribution in [2.24, 2.45) is 5.41 Å². The Hall–Kier alpha value is -4.02. The number of pyridine rings is 1. The molecule has 3 aliphatic rings. The van der Waals surface area contributed by atoms with E-state index < -0.39 is 28.7 Å². The van der Waals surface area contributed by atoms with Crippen molar-refractivity contribution in [2.75, 3.05) is 13.1 Å². The Balaban J connectivity index is 1.09. The number of carbonyl (C=O) groups excluding carboxylic acids is 2. The predicted molar refractivity (Wildman–Crippen MR) is 158 cm³/mol. The molecule has 2 aromatic heterocycles. The fourth-order valence-corrected chi connectivity index (χ4v) is 6.70. The first kappa shape index (κ1) is 27.8. The van der Waals surface area contributed by atoms with Gasteiger partial charge in [0.1, 0.15) is 12.1 Å². The molecule has 4 heterocycles. The smallest absolute Gasteiger partial charge is 0.234 e. The molecular formula is C33H35FN6O3. The first-order chi connectivity index (χ1) is 20.6. The summed E-state index contributed by atoms with van der Waals surface area (Å²) < 4.78 is 18.1. The van der Waals surface area contributed by atoms with Crippen molar-refractivity contribution in [1.29, 1.82) is 0 Å². The number of amides is 2. The van der Waals surface area contributed by atoms with Crippen molar-refractivity contribution in [3.8, 4) is 5.69 Å². The number of imide groups is 1. The number of aromatic nitrogens is 4. The van der Waals surface area contributed by atoms with Gasteiger partial charge in [0.25, 0.3) is 0 Å². The number of benzene rings is 2. The summed E-state index contributed by atoms with van der Waals surface area (Å²) in [6.45, 7) is 5.84. The minimum absolute atomic E-state index is 0.231. The minimum Gasteiger partial charge on any atom is -0.384 e. The predicted octanol–water partition coefficient (Wildman–Crippen LogP) is 4.47. The van der Waals surface area contributed by atoms with Gasteiger partial charge in [-0.25, -0.2) is 14.1 Å². The molecule has 1 aliphatic carbocycles. The Morgan fingerprint density at radius 2 is 1.86 bits per heavy atom. The van der Waals surface area contributed by atoms with Gasteiger partial charge in [-0.1, -0.05) is 32.0 Å². The second kappa shape index (κ2) is 10.3. The van der Waals surface area contributed by atoms with Gasteiger partial charge in [0.05, 0.1) is 22.7 Å². The molecule has 43 heavy (non-hydrogen) atoms. The van der Waals surface area contributed by atoms with Crippen LogP contribution in [0.15, 0.2) is 55.0 Å². The van der Waals surface area contributed by atoms with E-state index in [-0.39, 0.29) is 23.3 Å². The minimum atomic E-state index is -1.40. The lowest BCUT2D eigenvalue weighted by Crippen LogP contribution is -2.55. The van der Waals surface area contributed by atoms with Crippen LogP contribution in [0.25, 0.3) is 16.6 Å². The highest BCUT2D eigenvalue weighted by Gasteiger charge is 2.50. The number of hydrogen-bond acceptors (Lipinski definition) is 7. The van der Waals surface area contributed by atoms with Crippen molar-refractivity contribution in [3.63, 3.8) is 0 Å². The molecule has 9 nitrogen and oxygen atoms in total. The molecule has 0 radical (unpaired) electrons. The molecule has 2 aromatic carbocycles. The lowest BCUT2D eigenvalue weighted by Gasteiger charge is -2.50. The average Bonchev–Trinajstić information content (AvgIpc) is 3.72. The molecule has 222 valence electrons. The zero-order valence-electron chi connectivity index (χ0n) is 24.4. The van der Waals surface area contributed by atoms with Gasteiger partial charge in [-0.3, -0.25) is 24.8 Å². The number of halogens is 1. The van der Waals surface area contributed by atoms with Crippen molar-refractivity contribution in [3.05, 3.63) is 83.3 Å². The van der Waals surface area contributed by atoms with Gasteiger partial charge in [0, 0.05) is 54.5 Å². The first-order valence-electron chi connectivity index (χ1n) is 15.0. The number of rotatable bonds is 6. The third-order valence-electron chi connectivity index (χ3n) is 9.50. The highest BCUT2D eigenvalue weighted by atomic mass is 19.1. The molecule has 2 atom stereocenters. The van der Waals surface area contributed by atoms with E-state index in [1.807, 2.05) is 30.7 Å². The highest BCUT2D eigenvalue weighted by molar-refractivity contribution is 6.01. The molecule has 0 bridgehead atoms. The molecule has 1 saturated carbocycles. The van der Waals surface area contributed by atoms with Crippen LogP contribution < -0.4 is 5.32 Å². The summed E-state index contributed by atoms with van der Waals surface area (Å²) in [7, 11) is 0. The van der Waals surface area contributed by atoms with Crippen LogP contribution >= 0.6 is 0 Å². The number of hydrogen-bond donors (Lipinski definition) is 2. The fourth-order valence-electron chi connectivity index (χ4n) is 6.70. The zero-order valence-corrected chi connectivity index (χ0v) is 24.4. The van der Waals surface area contributed by atoms with E-state index in [1.165, 1.54) is 12.8 Å². The highest BCUT2D eigenvalue weighted by Crippen LogP contribution is 2.48. The maximum Gasteiger partial charge on any atom is 0.234 e. The van der Waals surface area contributed by atoms with Gasteiger partial charge in [0.2, 0.25) is 11.8 Å². The summed E-state index contributed by atoms with van der Waals surface area (Å²) >= 11 is 0. The third kappa shape index (κ3) is 5.02. The molecule has 0 unspecified atom stereocenters. The third-order valence-corrected chi connectivity index (χ3v) is 9.50. The van der Waals surface area contributed by atoms with Crippen LogP contribution in [0.3, 0.4) is 0 Å². The number of piperidine rings is 2. The number of fused-ring (bicyclic) bond motifs is 1. The van der Waals surface area contributed by atoms with Gasteiger partial charge in [-0.15, -0.1) is 0 Å². The van der Waals surface area contributed by atoms with Gasteiger partial charge in [-0.05, 0) is 61.1 Å². The second-order valence-electron chi connectivity index (χ2n) is 13.0. The lowest BCUT2D eigenvalue weighted by molar-refractivity contribution is -0.134. The number of nitrogens with zero attached hydrogens (tertiary/aromatic N) is 5. The van der Waals surface area contributed by atoms with Crippen LogP contribution in [0.2, 0.25) is 0 Å². The zero-order chi connectivity index (χ0) is 29.9. The average molecular weight is 583 g/mol. The summed E-state index contributed by atoms with van der Waals surface area (Å²) in [6.07, 6.45) is 6.63. The Bertz CT molecular complexity index is 1730. The summed E-state index contributed by atoms with van der Waals surface area (Å²) in [5.41, 5.74) is 1.32. The molecule has 2 aliphatic heterocycles. The Morgan fingerprint density at radius 1 is 1.07 bits per heavy atom. The summed E-state index contributed by atoms with van der Waals surface area (Å²) in [5, 5.41) is 19.3. The van der Waals surface area contributed by atoms with Crippen LogP contribution in [0.5, 0.6) is 0 Å². The normalized spacial score (nSPS) is 24.3. The standard InChI is InChI=1S/C33H35FN6O3/c1-32(2)18-39(17-20-3-7-23(8-4-20)40-19-36-30(38-40)21-5-6-21)14-13-33(32,43)26-10-11-27-25(29(26)34)15-22(16-35-27)24-9-12-28(41)37-31(24)42/h3-4,7-8,10-11,15-16,19,21,24,43H,5-6,9,12-14,17-18H2,1-2H3,(H,37,41,42)/t24-,33-/m0/s1. The number of aliphatic hydroxyl groups is 1. The van der Waals surface area contributed by atoms with Gasteiger partial charge in [0.15, 0.2) is 5.82 Å². The monoisotopic (exact) mass is 582 g/mol. The Labute approximate surface area is 249 Å². The van der Waals surface area contributed by atoms with Crippen molar-refractivity contribution >= 4 is 22.7 Å². The number of nitrogens with one attached hydrogen (secondary N) is 1. The van der Waals surface area contributed by atoms with E-state index in [2.05, 4.69) is 37.4 Å². The van der Waals surface area contributed by atoms with Crippen LogP contribution in [-0.2, 0) is 21.7 Å². The molecule has 4 aromatic rings. The summed E-state index contributed by atoms with van der Waals surface area (Å²) in [5.74, 6) is -0.345.